The van der Waals surface area contributed by atoms with Gasteiger partial charge in [-0.1, -0.05) is 19.9 Å². The van der Waals surface area contributed by atoms with Crippen LogP contribution in [0.1, 0.15) is 55.5 Å². The van der Waals surface area contributed by atoms with Crippen LogP contribution in [0, 0.1) is 11.7 Å². The molecule has 0 unspecified atom stereocenters. The Labute approximate surface area is 156 Å². The van der Waals surface area contributed by atoms with E-state index in [0.29, 0.717) is 37.4 Å². The molecule has 1 amide bonds. The number of carbonyl (C=O) groups is 2. The van der Waals surface area contributed by atoms with Gasteiger partial charge in [0.25, 0.3) is 5.91 Å². The number of carbonyl (C=O) groups excluding carboxylic acids is 1. The fourth-order valence-corrected chi connectivity index (χ4v) is 3.31. The van der Waals surface area contributed by atoms with E-state index in [0.717, 1.165) is 0 Å². The highest BCUT2D eigenvalue weighted by molar-refractivity contribution is 5.90. The van der Waals surface area contributed by atoms with Gasteiger partial charge in [0, 0.05) is 25.4 Å². The maximum Gasteiger partial charge on any atom is 0.303 e. The van der Waals surface area contributed by atoms with Gasteiger partial charge in [-0.3, -0.25) is 9.59 Å². The van der Waals surface area contributed by atoms with Gasteiger partial charge in [0.1, 0.15) is 11.6 Å². The smallest absolute Gasteiger partial charge is 0.303 e. The monoisotopic (exact) mass is 374 g/mol. The highest BCUT2D eigenvalue weighted by Gasteiger charge is 2.28. The summed E-state index contributed by atoms with van der Waals surface area (Å²) >= 11 is 0. The first kappa shape index (κ1) is 19.0. The molecule has 1 aliphatic rings. The Balaban J connectivity index is 1.80. The molecular weight excluding hydrogens is 351 g/mol. The Morgan fingerprint density at radius 3 is 2.59 bits per heavy atom. The third-order valence-electron chi connectivity index (χ3n) is 4.76. The average molecular weight is 374 g/mol. The number of aliphatic carboxylic acids is 1. The fourth-order valence-electron chi connectivity index (χ4n) is 3.31. The van der Waals surface area contributed by atoms with Crippen molar-refractivity contribution in [2.24, 2.45) is 5.92 Å². The molecule has 1 N–H and O–H groups in total. The SMILES string of the molecule is CC(C)c1nc(C(=O)N2CCC(CC(=O)O)CC2)nn1-c1cccc(F)c1. The zero-order valence-corrected chi connectivity index (χ0v) is 15.4. The highest BCUT2D eigenvalue weighted by atomic mass is 19.1. The van der Waals surface area contributed by atoms with Crippen molar-refractivity contribution in [2.45, 2.75) is 39.0 Å². The lowest BCUT2D eigenvalue weighted by Gasteiger charge is -2.30. The van der Waals surface area contributed by atoms with E-state index in [1.165, 1.54) is 16.8 Å². The first-order valence-electron chi connectivity index (χ1n) is 9.09. The Bertz CT molecular complexity index is 841. The summed E-state index contributed by atoms with van der Waals surface area (Å²) in [7, 11) is 0. The van der Waals surface area contributed by atoms with Gasteiger partial charge >= 0.3 is 5.97 Å². The number of hydrogen-bond acceptors (Lipinski definition) is 4. The molecule has 0 saturated carbocycles. The molecule has 27 heavy (non-hydrogen) atoms. The van der Waals surface area contributed by atoms with Crippen molar-refractivity contribution in [2.75, 3.05) is 13.1 Å². The number of nitrogens with zero attached hydrogens (tertiary/aromatic N) is 4. The van der Waals surface area contributed by atoms with Crippen LogP contribution in [0.3, 0.4) is 0 Å². The number of rotatable bonds is 5. The lowest BCUT2D eigenvalue weighted by atomic mass is 9.93. The van der Waals surface area contributed by atoms with Crippen molar-refractivity contribution in [3.8, 4) is 5.69 Å². The van der Waals surface area contributed by atoms with E-state index in [1.807, 2.05) is 13.8 Å². The fraction of sp³-hybridized carbons (Fsp3) is 0.474. The van der Waals surface area contributed by atoms with Gasteiger partial charge in [-0.2, -0.15) is 0 Å². The normalized spacial score (nSPS) is 15.3. The molecule has 0 spiro atoms. The molecule has 1 aromatic heterocycles. The third-order valence-corrected chi connectivity index (χ3v) is 4.76. The van der Waals surface area contributed by atoms with Crippen LogP contribution in [-0.4, -0.2) is 49.7 Å². The van der Waals surface area contributed by atoms with Gasteiger partial charge in [0.2, 0.25) is 5.82 Å². The minimum absolute atomic E-state index is 0.00335. The second kappa shape index (κ2) is 7.85. The van der Waals surface area contributed by atoms with E-state index in [1.54, 1.807) is 17.0 Å². The first-order valence-corrected chi connectivity index (χ1v) is 9.09. The van der Waals surface area contributed by atoms with Crippen molar-refractivity contribution >= 4 is 11.9 Å². The molecule has 144 valence electrons. The van der Waals surface area contributed by atoms with Crippen LogP contribution < -0.4 is 0 Å². The molecule has 1 fully saturated rings. The summed E-state index contributed by atoms with van der Waals surface area (Å²) < 4.78 is 15.1. The molecule has 3 rings (SSSR count). The molecule has 0 bridgehead atoms. The topological polar surface area (TPSA) is 88.3 Å². The summed E-state index contributed by atoms with van der Waals surface area (Å²) in [5.41, 5.74) is 0.519. The van der Waals surface area contributed by atoms with E-state index in [2.05, 4.69) is 10.1 Å². The third kappa shape index (κ3) is 4.32. The lowest BCUT2D eigenvalue weighted by molar-refractivity contribution is -0.138. The number of piperidine rings is 1. The molecule has 2 heterocycles. The summed E-state index contributed by atoms with van der Waals surface area (Å²) in [5.74, 6) is -0.702. The number of carboxylic acid groups (broad SMARTS) is 1. The number of benzene rings is 1. The van der Waals surface area contributed by atoms with Crippen molar-refractivity contribution in [1.82, 2.24) is 19.7 Å². The van der Waals surface area contributed by atoms with Crippen LogP contribution >= 0.6 is 0 Å². The number of hydrogen-bond donors (Lipinski definition) is 1. The van der Waals surface area contributed by atoms with E-state index >= 15 is 0 Å². The lowest BCUT2D eigenvalue weighted by Crippen LogP contribution is -2.39. The molecule has 0 atom stereocenters. The Morgan fingerprint density at radius 2 is 2.00 bits per heavy atom. The molecular formula is C19H23FN4O3. The van der Waals surface area contributed by atoms with Gasteiger partial charge in [0.15, 0.2) is 0 Å². The zero-order chi connectivity index (χ0) is 19.6. The quantitative estimate of drug-likeness (QED) is 0.869. The Hall–Kier alpha value is -2.77. The summed E-state index contributed by atoms with van der Waals surface area (Å²) in [6.07, 6.45) is 1.44. The molecule has 0 radical (unpaired) electrons. The largest absolute Gasteiger partial charge is 0.481 e. The summed E-state index contributed by atoms with van der Waals surface area (Å²) in [4.78, 5) is 29.7. The van der Waals surface area contributed by atoms with Gasteiger partial charge in [0.05, 0.1) is 5.69 Å². The molecule has 2 aromatic rings. The van der Waals surface area contributed by atoms with E-state index in [9.17, 15) is 14.0 Å². The number of halogens is 1. The van der Waals surface area contributed by atoms with E-state index in [-0.39, 0.29) is 35.8 Å². The van der Waals surface area contributed by atoms with Crippen molar-refractivity contribution in [3.05, 3.63) is 41.7 Å². The first-order chi connectivity index (χ1) is 12.8. The summed E-state index contributed by atoms with van der Waals surface area (Å²) in [6.45, 7) is 4.85. The van der Waals surface area contributed by atoms with Gasteiger partial charge < -0.3 is 10.0 Å². The van der Waals surface area contributed by atoms with Crippen LogP contribution in [0.2, 0.25) is 0 Å². The minimum atomic E-state index is -0.808. The Kier molecular flexibility index (Phi) is 5.53. The van der Waals surface area contributed by atoms with E-state index in [4.69, 9.17) is 5.11 Å². The van der Waals surface area contributed by atoms with Crippen LogP contribution in [0.5, 0.6) is 0 Å². The predicted octanol–water partition coefficient (Wildman–Crippen LogP) is 2.86. The minimum Gasteiger partial charge on any atom is -0.481 e. The standard InChI is InChI=1S/C19H23FN4O3/c1-12(2)18-21-17(22-24(18)15-5-3-4-14(20)11-15)19(27)23-8-6-13(7-9-23)10-16(25)26/h3-5,11-13H,6-10H2,1-2H3,(H,25,26). The molecule has 1 aromatic carbocycles. The number of carboxylic acids is 1. The zero-order valence-electron chi connectivity index (χ0n) is 15.4. The predicted molar refractivity (Wildman–Crippen MR) is 96.3 cm³/mol. The van der Waals surface area contributed by atoms with Crippen LogP contribution in [0.25, 0.3) is 5.69 Å². The van der Waals surface area contributed by atoms with Crippen molar-refractivity contribution in [3.63, 3.8) is 0 Å². The Morgan fingerprint density at radius 1 is 1.30 bits per heavy atom. The van der Waals surface area contributed by atoms with Crippen molar-refractivity contribution in [1.29, 1.82) is 0 Å². The maximum atomic E-state index is 13.6. The number of amides is 1. The van der Waals surface area contributed by atoms with Crippen LogP contribution in [-0.2, 0) is 4.79 Å². The number of aromatic nitrogens is 3. The van der Waals surface area contributed by atoms with E-state index < -0.39 is 5.97 Å². The second-order valence-electron chi connectivity index (χ2n) is 7.17. The molecule has 0 aliphatic carbocycles. The summed E-state index contributed by atoms with van der Waals surface area (Å²) in [6, 6.07) is 6.01. The molecule has 1 saturated heterocycles. The molecule has 8 heteroatoms. The van der Waals surface area contributed by atoms with Gasteiger partial charge in [-0.25, -0.2) is 14.1 Å². The van der Waals surface area contributed by atoms with Crippen molar-refractivity contribution < 1.29 is 19.1 Å². The highest BCUT2D eigenvalue weighted by Crippen LogP contribution is 2.23. The molecule has 1 aliphatic heterocycles. The average Bonchev–Trinajstić information content (AvgIpc) is 3.07. The maximum absolute atomic E-state index is 13.6. The molecule has 7 nitrogen and oxygen atoms in total. The summed E-state index contributed by atoms with van der Waals surface area (Å²) in [5, 5.41) is 13.2. The van der Waals surface area contributed by atoms with Gasteiger partial charge in [-0.05, 0) is 37.0 Å². The number of likely N-dealkylation sites (tertiary alicyclic amines) is 1. The van der Waals surface area contributed by atoms with Crippen LogP contribution in [0.4, 0.5) is 4.39 Å². The van der Waals surface area contributed by atoms with Crippen LogP contribution in [0.15, 0.2) is 24.3 Å². The second-order valence-corrected chi connectivity index (χ2v) is 7.17. The van der Waals surface area contributed by atoms with Gasteiger partial charge in [-0.15, -0.1) is 5.10 Å².